The Balaban J connectivity index is 1.75. The van der Waals surface area contributed by atoms with Gasteiger partial charge in [-0.05, 0) is 56.7 Å². The zero-order valence-corrected chi connectivity index (χ0v) is 13.1. The molecule has 6 nitrogen and oxygen atoms in total. The Bertz CT molecular complexity index is 552. The lowest BCUT2D eigenvalue weighted by Crippen LogP contribution is -2.44. The van der Waals surface area contributed by atoms with E-state index in [2.05, 4.69) is 15.6 Å². The Morgan fingerprint density at radius 2 is 1.95 bits per heavy atom. The van der Waals surface area contributed by atoms with Gasteiger partial charge in [-0.3, -0.25) is 9.78 Å². The first-order valence-corrected chi connectivity index (χ1v) is 7.65. The minimum absolute atomic E-state index is 0.0628. The summed E-state index contributed by atoms with van der Waals surface area (Å²) >= 11 is 0. The first-order valence-electron chi connectivity index (χ1n) is 7.65. The quantitative estimate of drug-likeness (QED) is 0.795. The molecule has 1 aromatic heterocycles. The fourth-order valence-corrected chi connectivity index (χ4v) is 2.81. The van der Waals surface area contributed by atoms with Crippen LogP contribution in [-0.2, 0) is 11.3 Å². The first-order chi connectivity index (χ1) is 10.5. The van der Waals surface area contributed by atoms with E-state index in [1.807, 2.05) is 19.9 Å². The molecule has 0 aliphatic heterocycles. The second-order valence-electron chi connectivity index (χ2n) is 5.97. The topological polar surface area (TPSA) is 91.3 Å². The van der Waals surface area contributed by atoms with E-state index in [1.165, 1.54) is 0 Å². The number of urea groups is 1. The van der Waals surface area contributed by atoms with Crippen molar-refractivity contribution in [1.82, 2.24) is 15.6 Å². The predicted molar refractivity (Wildman–Crippen MR) is 82.5 cm³/mol. The molecule has 0 atom stereocenters. The van der Waals surface area contributed by atoms with Crippen molar-refractivity contribution in [3.8, 4) is 0 Å². The number of carboxylic acid groups (broad SMARTS) is 1. The van der Waals surface area contributed by atoms with E-state index in [-0.39, 0.29) is 18.0 Å². The second kappa shape index (κ2) is 7.24. The van der Waals surface area contributed by atoms with Crippen LogP contribution in [0.4, 0.5) is 4.79 Å². The molecule has 0 radical (unpaired) electrons. The lowest BCUT2D eigenvalue weighted by Gasteiger charge is -2.26. The first kappa shape index (κ1) is 16.3. The Hall–Kier alpha value is -2.11. The number of carbonyl (C=O) groups excluding carboxylic acids is 1. The molecule has 1 aliphatic rings. The summed E-state index contributed by atoms with van der Waals surface area (Å²) in [7, 11) is 0. The highest BCUT2D eigenvalue weighted by Gasteiger charge is 2.26. The number of carboxylic acids is 1. The molecule has 1 heterocycles. The van der Waals surface area contributed by atoms with E-state index in [4.69, 9.17) is 5.11 Å². The van der Waals surface area contributed by atoms with Crippen molar-refractivity contribution in [2.45, 2.75) is 52.1 Å². The molecule has 1 aliphatic carbocycles. The third kappa shape index (κ3) is 4.44. The van der Waals surface area contributed by atoms with Crippen molar-refractivity contribution in [1.29, 1.82) is 0 Å². The minimum Gasteiger partial charge on any atom is -0.481 e. The molecule has 0 saturated heterocycles. The monoisotopic (exact) mass is 305 g/mol. The molecular formula is C16H23N3O3. The Morgan fingerprint density at radius 1 is 1.27 bits per heavy atom. The van der Waals surface area contributed by atoms with Crippen LogP contribution in [0.1, 0.15) is 42.5 Å². The van der Waals surface area contributed by atoms with Crippen molar-refractivity contribution in [3.05, 3.63) is 29.1 Å². The van der Waals surface area contributed by atoms with Gasteiger partial charge in [0.1, 0.15) is 0 Å². The summed E-state index contributed by atoms with van der Waals surface area (Å²) in [4.78, 5) is 27.0. The van der Waals surface area contributed by atoms with Gasteiger partial charge in [0.2, 0.25) is 0 Å². The molecule has 22 heavy (non-hydrogen) atoms. The predicted octanol–water partition coefficient (Wildman–Crippen LogP) is 2.14. The normalized spacial score (nSPS) is 21.2. The number of nitrogens with one attached hydrogen (secondary N) is 2. The highest BCUT2D eigenvalue weighted by Crippen LogP contribution is 2.24. The van der Waals surface area contributed by atoms with E-state index in [0.29, 0.717) is 19.4 Å². The van der Waals surface area contributed by atoms with Crippen molar-refractivity contribution < 1.29 is 14.7 Å². The number of aliphatic carboxylic acids is 1. The Kier molecular flexibility index (Phi) is 5.35. The average molecular weight is 305 g/mol. The fourth-order valence-electron chi connectivity index (χ4n) is 2.81. The summed E-state index contributed by atoms with van der Waals surface area (Å²) < 4.78 is 0. The van der Waals surface area contributed by atoms with Gasteiger partial charge in [-0.15, -0.1) is 0 Å². The lowest BCUT2D eigenvalue weighted by atomic mass is 9.86. The van der Waals surface area contributed by atoms with Gasteiger partial charge in [-0.1, -0.05) is 0 Å². The van der Waals surface area contributed by atoms with Crippen molar-refractivity contribution >= 4 is 12.0 Å². The molecule has 1 saturated carbocycles. The van der Waals surface area contributed by atoms with Crippen molar-refractivity contribution in [2.24, 2.45) is 5.92 Å². The van der Waals surface area contributed by atoms with E-state index in [1.54, 1.807) is 6.20 Å². The van der Waals surface area contributed by atoms with Gasteiger partial charge < -0.3 is 15.7 Å². The van der Waals surface area contributed by atoms with Gasteiger partial charge in [0.25, 0.3) is 0 Å². The van der Waals surface area contributed by atoms with Crippen LogP contribution < -0.4 is 10.6 Å². The number of nitrogens with zero attached hydrogens (tertiary/aromatic N) is 1. The van der Waals surface area contributed by atoms with Crippen molar-refractivity contribution in [3.63, 3.8) is 0 Å². The van der Waals surface area contributed by atoms with Crippen molar-refractivity contribution in [2.75, 3.05) is 0 Å². The van der Waals surface area contributed by atoms with Gasteiger partial charge in [-0.25, -0.2) is 4.79 Å². The van der Waals surface area contributed by atoms with E-state index in [9.17, 15) is 9.59 Å². The number of hydrogen-bond acceptors (Lipinski definition) is 3. The minimum atomic E-state index is -0.731. The molecule has 3 N–H and O–H groups in total. The summed E-state index contributed by atoms with van der Waals surface area (Å²) in [5, 5.41) is 14.7. The lowest BCUT2D eigenvalue weighted by molar-refractivity contribution is -0.142. The highest BCUT2D eigenvalue weighted by molar-refractivity contribution is 5.74. The van der Waals surface area contributed by atoms with Crippen LogP contribution in [0.25, 0.3) is 0 Å². The Morgan fingerprint density at radius 3 is 2.55 bits per heavy atom. The summed E-state index contributed by atoms with van der Waals surface area (Å²) in [6.45, 7) is 4.37. The maximum Gasteiger partial charge on any atom is 0.315 e. The number of amides is 2. The zero-order valence-electron chi connectivity index (χ0n) is 13.1. The third-order valence-electron chi connectivity index (χ3n) is 4.21. The molecule has 2 amide bonds. The molecule has 1 aromatic rings. The number of aromatic nitrogens is 1. The summed E-state index contributed by atoms with van der Waals surface area (Å²) in [5.41, 5.74) is 3.06. The van der Waals surface area contributed by atoms with Crippen LogP contribution in [0.5, 0.6) is 0 Å². The molecule has 1 fully saturated rings. The highest BCUT2D eigenvalue weighted by atomic mass is 16.4. The number of carbonyl (C=O) groups is 2. The molecule has 0 spiro atoms. The smallest absolute Gasteiger partial charge is 0.315 e. The van der Waals surface area contributed by atoms with Gasteiger partial charge in [0.15, 0.2) is 0 Å². The molecule has 0 unspecified atom stereocenters. The van der Waals surface area contributed by atoms with E-state index in [0.717, 1.165) is 29.7 Å². The van der Waals surface area contributed by atoms with Gasteiger partial charge in [-0.2, -0.15) is 0 Å². The van der Waals surface area contributed by atoms with Gasteiger partial charge in [0.05, 0.1) is 5.92 Å². The van der Waals surface area contributed by atoms with Crippen LogP contribution in [0, 0.1) is 19.8 Å². The molecule has 0 aromatic carbocycles. The number of pyridine rings is 1. The maximum absolute atomic E-state index is 11.9. The van der Waals surface area contributed by atoms with Crippen LogP contribution >= 0.6 is 0 Å². The fraction of sp³-hybridized carbons (Fsp3) is 0.562. The number of aryl methyl sites for hydroxylation is 2. The number of hydrogen-bond donors (Lipinski definition) is 3. The summed E-state index contributed by atoms with van der Waals surface area (Å²) in [6, 6.07) is 1.84. The number of rotatable bonds is 4. The summed E-state index contributed by atoms with van der Waals surface area (Å²) in [5.74, 6) is -0.993. The second-order valence-corrected chi connectivity index (χ2v) is 5.97. The molecule has 0 bridgehead atoms. The maximum atomic E-state index is 11.9. The Labute approximate surface area is 130 Å². The zero-order chi connectivity index (χ0) is 16.1. The van der Waals surface area contributed by atoms with Crippen LogP contribution in [0.2, 0.25) is 0 Å². The van der Waals surface area contributed by atoms with Crippen LogP contribution in [-0.4, -0.2) is 28.1 Å². The molecular weight excluding hydrogens is 282 g/mol. The third-order valence-corrected chi connectivity index (χ3v) is 4.21. The van der Waals surface area contributed by atoms with E-state index < -0.39 is 5.97 Å². The molecule has 6 heteroatoms. The van der Waals surface area contributed by atoms with Gasteiger partial charge in [0, 0.05) is 24.5 Å². The SMILES string of the molecule is Cc1cc(C)c(CNC(=O)NC2CCC(C(=O)O)CC2)cn1. The molecule has 120 valence electrons. The average Bonchev–Trinajstić information content (AvgIpc) is 2.47. The largest absolute Gasteiger partial charge is 0.481 e. The standard InChI is InChI=1S/C16H23N3O3/c1-10-7-11(2)17-8-13(10)9-18-16(22)19-14-5-3-12(4-6-14)15(20)21/h7-8,12,14H,3-6,9H2,1-2H3,(H,20,21)(H2,18,19,22). The van der Waals surface area contributed by atoms with Crippen LogP contribution in [0.3, 0.4) is 0 Å². The van der Waals surface area contributed by atoms with E-state index >= 15 is 0 Å². The molecule has 2 rings (SSSR count). The van der Waals surface area contributed by atoms with Gasteiger partial charge >= 0.3 is 12.0 Å². The summed E-state index contributed by atoms with van der Waals surface area (Å²) in [6.07, 6.45) is 4.47. The van der Waals surface area contributed by atoms with Crippen LogP contribution in [0.15, 0.2) is 12.3 Å².